The molecule has 2 aromatic carbocycles. The number of nitrogens with zero attached hydrogens (tertiary/aromatic N) is 2. The topological polar surface area (TPSA) is 116 Å². The zero-order valence-corrected chi connectivity index (χ0v) is 16.5. The van der Waals surface area contributed by atoms with E-state index in [2.05, 4.69) is 15.6 Å². The van der Waals surface area contributed by atoms with Gasteiger partial charge in [-0.15, -0.1) is 0 Å². The van der Waals surface area contributed by atoms with Gasteiger partial charge in [-0.3, -0.25) is 9.59 Å². The molecule has 3 rings (SSSR count). The summed E-state index contributed by atoms with van der Waals surface area (Å²) in [5, 5.41) is 25.0. The SMILES string of the molecule is Cn1ccnc1C(O)c1ccc(NC(=O)C(=O)NC(CO)Cc2ccccc2)cc1. The van der Waals surface area contributed by atoms with E-state index >= 15 is 0 Å². The lowest BCUT2D eigenvalue weighted by Gasteiger charge is -2.16. The summed E-state index contributed by atoms with van der Waals surface area (Å²) in [6.45, 7) is -0.284. The van der Waals surface area contributed by atoms with Crippen molar-refractivity contribution in [1.82, 2.24) is 14.9 Å². The van der Waals surface area contributed by atoms with E-state index in [0.717, 1.165) is 5.56 Å². The van der Waals surface area contributed by atoms with Gasteiger partial charge in [0.15, 0.2) is 0 Å². The number of anilines is 1. The number of carbonyl (C=O) groups excluding carboxylic acids is 2. The Morgan fingerprint density at radius 3 is 2.37 bits per heavy atom. The number of amides is 2. The van der Waals surface area contributed by atoms with Crippen molar-refractivity contribution >= 4 is 17.5 Å². The van der Waals surface area contributed by atoms with Crippen LogP contribution in [0.15, 0.2) is 67.0 Å². The van der Waals surface area contributed by atoms with Gasteiger partial charge in [-0.2, -0.15) is 0 Å². The zero-order chi connectivity index (χ0) is 21.5. The van der Waals surface area contributed by atoms with Gasteiger partial charge >= 0.3 is 11.8 Å². The van der Waals surface area contributed by atoms with Gasteiger partial charge in [-0.25, -0.2) is 4.98 Å². The molecule has 1 heterocycles. The van der Waals surface area contributed by atoms with Crippen LogP contribution in [0.2, 0.25) is 0 Å². The molecule has 8 nitrogen and oxygen atoms in total. The lowest BCUT2D eigenvalue weighted by molar-refractivity contribution is -0.136. The lowest BCUT2D eigenvalue weighted by Crippen LogP contribution is -2.44. The molecular weight excluding hydrogens is 384 g/mol. The fourth-order valence-electron chi connectivity index (χ4n) is 3.04. The van der Waals surface area contributed by atoms with Gasteiger partial charge in [-0.1, -0.05) is 42.5 Å². The van der Waals surface area contributed by atoms with E-state index in [1.807, 2.05) is 30.3 Å². The van der Waals surface area contributed by atoms with Crippen LogP contribution >= 0.6 is 0 Å². The van der Waals surface area contributed by atoms with E-state index in [1.54, 1.807) is 48.3 Å². The number of benzene rings is 2. The molecule has 0 saturated carbocycles. The molecule has 0 radical (unpaired) electrons. The third-order valence-electron chi connectivity index (χ3n) is 4.67. The zero-order valence-electron chi connectivity index (χ0n) is 16.5. The number of carbonyl (C=O) groups is 2. The van der Waals surface area contributed by atoms with Gasteiger partial charge < -0.3 is 25.4 Å². The number of nitrogens with one attached hydrogen (secondary N) is 2. The first-order chi connectivity index (χ1) is 14.5. The summed E-state index contributed by atoms with van der Waals surface area (Å²) in [6, 6.07) is 15.3. The summed E-state index contributed by atoms with van der Waals surface area (Å²) < 4.78 is 1.72. The van der Waals surface area contributed by atoms with Crippen LogP contribution in [0.5, 0.6) is 0 Å². The fourth-order valence-corrected chi connectivity index (χ4v) is 3.04. The van der Waals surface area contributed by atoms with Gasteiger partial charge in [0.05, 0.1) is 12.6 Å². The van der Waals surface area contributed by atoms with Crippen LogP contribution in [-0.2, 0) is 23.1 Å². The van der Waals surface area contributed by atoms with Crippen molar-refractivity contribution in [3.63, 3.8) is 0 Å². The molecule has 2 unspecified atom stereocenters. The van der Waals surface area contributed by atoms with Gasteiger partial charge in [0, 0.05) is 25.1 Å². The Kier molecular flexibility index (Phi) is 6.95. The van der Waals surface area contributed by atoms with Crippen LogP contribution in [-0.4, -0.2) is 44.2 Å². The largest absolute Gasteiger partial charge is 0.394 e. The van der Waals surface area contributed by atoms with Crippen molar-refractivity contribution in [3.05, 3.63) is 83.9 Å². The van der Waals surface area contributed by atoms with Crippen molar-refractivity contribution in [2.45, 2.75) is 18.6 Å². The highest BCUT2D eigenvalue weighted by Crippen LogP contribution is 2.21. The van der Waals surface area contributed by atoms with E-state index in [1.165, 1.54) is 0 Å². The molecule has 2 amide bonds. The number of rotatable bonds is 7. The Bertz CT molecular complexity index is 986. The number of aromatic nitrogens is 2. The molecule has 30 heavy (non-hydrogen) atoms. The maximum absolute atomic E-state index is 12.2. The Hall–Kier alpha value is -3.49. The first kappa shape index (κ1) is 21.2. The molecule has 3 aromatic rings. The smallest absolute Gasteiger partial charge is 0.313 e. The molecule has 0 bridgehead atoms. The maximum atomic E-state index is 12.2. The maximum Gasteiger partial charge on any atom is 0.313 e. The molecule has 0 aliphatic heterocycles. The number of hydrogen-bond acceptors (Lipinski definition) is 5. The summed E-state index contributed by atoms with van der Waals surface area (Å²) >= 11 is 0. The van der Waals surface area contributed by atoms with Crippen LogP contribution in [0.3, 0.4) is 0 Å². The third-order valence-corrected chi connectivity index (χ3v) is 4.67. The normalized spacial score (nSPS) is 12.8. The van der Waals surface area contributed by atoms with Crippen molar-refractivity contribution in [2.75, 3.05) is 11.9 Å². The number of aliphatic hydroxyl groups is 2. The fraction of sp³-hybridized carbons (Fsp3) is 0.227. The quantitative estimate of drug-likeness (QED) is 0.438. The minimum Gasteiger partial charge on any atom is -0.394 e. The highest BCUT2D eigenvalue weighted by atomic mass is 16.3. The Labute approximate surface area is 174 Å². The second-order valence-electron chi connectivity index (χ2n) is 6.92. The summed E-state index contributed by atoms with van der Waals surface area (Å²) in [5.41, 5.74) is 1.96. The lowest BCUT2D eigenvalue weighted by atomic mass is 10.1. The molecule has 2 atom stereocenters. The van der Waals surface area contributed by atoms with E-state index < -0.39 is 24.0 Å². The van der Waals surface area contributed by atoms with Crippen LogP contribution < -0.4 is 10.6 Å². The molecular formula is C22H24N4O4. The molecule has 0 aliphatic rings. The molecule has 4 N–H and O–H groups in total. The second kappa shape index (κ2) is 9.82. The van der Waals surface area contributed by atoms with Crippen molar-refractivity contribution < 1.29 is 19.8 Å². The number of aliphatic hydroxyl groups excluding tert-OH is 2. The number of hydrogen-bond donors (Lipinski definition) is 4. The minimum absolute atomic E-state index is 0.284. The van der Waals surface area contributed by atoms with Crippen molar-refractivity contribution in [1.29, 1.82) is 0 Å². The standard InChI is InChI=1S/C22H24N4O4/c1-26-12-11-23-20(26)19(28)16-7-9-17(10-8-16)24-21(29)22(30)25-18(14-27)13-15-5-3-2-4-6-15/h2-12,18-19,27-28H,13-14H2,1H3,(H,24,29)(H,25,30). The summed E-state index contributed by atoms with van der Waals surface area (Å²) in [4.78, 5) is 28.5. The predicted molar refractivity (Wildman–Crippen MR) is 112 cm³/mol. The van der Waals surface area contributed by atoms with Crippen molar-refractivity contribution in [3.8, 4) is 0 Å². The first-order valence-corrected chi connectivity index (χ1v) is 9.49. The van der Waals surface area contributed by atoms with Crippen molar-refractivity contribution in [2.24, 2.45) is 7.05 Å². The number of imidazole rings is 1. The Morgan fingerprint density at radius 1 is 1.07 bits per heavy atom. The van der Waals surface area contributed by atoms with Gasteiger partial charge in [0.25, 0.3) is 0 Å². The van der Waals surface area contributed by atoms with E-state index in [9.17, 15) is 19.8 Å². The molecule has 0 aliphatic carbocycles. The minimum atomic E-state index is -0.902. The summed E-state index contributed by atoms with van der Waals surface area (Å²) in [5.74, 6) is -1.17. The first-order valence-electron chi connectivity index (χ1n) is 9.49. The molecule has 0 saturated heterocycles. The molecule has 0 spiro atoms. The van der Waals surface area contributed by atoms with Crippen LogP contribution in [0.25, 0.3) is 0 Å². The Morgan fingerprint density at radius 2 is 1.77 bits per heavy atom. The van der Waals surface area contributed by atoms with E-state index in [4.69, 9.17) is 0 Å². The highest BCUT2D eigenvalue weighted by molar-refractivity contribution is 6.39. The average molecular weight is 408 g/mol. The monoisotopic (exact) mass is 408 g/mol. The third kappa shape index (κ3) is 5.31. The molecule has 8 heteroatoms. The predicted octanol–water partition coefficient (Wildman–Crippen LogP) is 1.16. The van der Waals surface area contributed by atoms with Crippen LogP contribution in [0.4, 0.5) is 5.69 Å². The van der Waals surface area contributed by atoms with Gasteiger partial charge in [0.1, 0.15) is 11.9 Å². The summed E-state index contributed by atoms with van der Waals surface area (Å²) in [7, 11) is 1.79. The summed E-state index contributed by atoms with van der Waals surface area (Å²) in [6.07, 6.45) is 2.85. The van der Waals surface area contributed by atoms with Gasteiger partial charge in [-0.05, 0) is 29.7 Å². The van der Waals surface area contributed by atoms with Crippen LogP contribution in [0.1, 0.15) is 23.1 Å². The molecule has 0 fully saturated rings. The van der Waals surface area contributed by atoms with Crippen LogP contribution in [0, 0.1) is 0 Å². The van der Waals surface area contributed by atoms with Gasteiger partial charge in [0.2, 0.25) is 0 Å². The molecule has 156 valence electrons. The number of aryl methyl sites for hydroxylation is 1. The van der Waals surface area contributed by atoms with E-state index in [-0.39, 0.29) is 6.61 Å². The van der Waals surface area contributed by atoms with E-state index in [0.29, 0.717) is 23.5 Å². The Balaban J connectivity index is 1.57. The average Bonchev–Trinajstić information content (AvgIpc) is 3.19. The highest BCUT2D eigenvalue weighted by Gasteiger charge is 2.19. The molecule has 1 aromatic heterocycles. The second-order valence-corrected chi connectivity index (χ2v) is 6.92.